The predicted molar refractivity (Wildman–Crippen MR) is 84.6 cm³/mol. The second-order valence-corrected chi connectivity index (χ2v) is 6.01. The van der Waals surface area contributed by atoms with Crippen LogP contribution >= 0.6 is 12.4 Å². The summed E-state index contributed by atoms with van der Waals surface area (Å²) in [6, 6.07) is 5.56. The zero-order valence-electron chi connectivity index (χ0n) is 13.4. The number of halogens is 1. The standard InChI is InChI=1S/C15H20FNO5S/c1-15(2,3)21-14(19)17-12(13(18)20-4)9-10-5-7-11(8-6-10)22-23-16/h5-8,12H,9H2,1-4H3,(H,17,19). The summed E-state index contributed by atoms with van der Waals surface area (Å²) in [7, 11) is 1.24. The second kappa shape index (κ2) is 8.61. The molecule has 0 saturated carbocycles. The number of methoxy groups -OCH3 is 1. The molecule has 1 unspecified atom stereocenters. The van der Waals surface area contributed by atoms with Gasteiger partial charge in [0.2, 0.25) is 0 Å². The number of hydrogen-bond acceptors (Lipinski definition) is 6. The monoisotopic (exact) mass is 345 g/mol. The van der Waals surface area contributed by atoms with E-state index in [2.05, 4.69) is 9.50 Å². The van der Waals surface area contributed by atoms with E-state index in [0.29, 0.717) is 5.75 Å². The predicted octanol–water partition coefficient (Wildman–Crippen LogP) is 3.21. The Hall–Kier alpha value is -1.96. The highest BCUT2D eigenvalue weighted by molar-refractivity contribution is 7.89. The average Bonchev–Trinajstić information content (AvgIpc) is 2.46. The Morgan fingerprint density at radius 3 is 2.35 bits per heavy atom. The van der Waals surface area contributed by atoms with Crippen LogP contribution < -0.4 is 9.50 Å². The highest BCUT2D eigenvalue weighted by Gasteiger charge is 2.25. The van der Waals surface area contributed by atoms with Gasteiger partial charge in [0.25, 0.3) is 12.4 Å². The lowest BCUT2D eigenvalue weighted by molar-refractivity contribution is -0.143. The third-order valence-electron chi connectivity index (χ3n) is 2.67. The van der Waals surface area contributed by atoms with Gasteiger partial charge in [0.1, 0.15) is 17.4 Å². The van der Waals surface area contributed by atoms with Crippen LogP contribution in [-0.2, 0) is 20.7 Å². The van der Waals surface area contributed by atoms with E-state index in [-0.39, 0.29) is 18.8 Å². The van der Waals surface area contributed by atoms with Crippen LogP contribution in [0.25, 0.3) is 0 Å². The highest BCUT2D eigenvalue weighted by Crippen LogP contribution is 2.18. The van der Waals surface area contributed by atoms with Crippen LogP contribution in [0.4, 0.5) is 8.68 Å². The number of rotatable bonds is 6. The molecular weight excluding hydrogens is 325 g/mol. The lowest BCUT2D eigenvalue weighted by Gasteiger charge is -2.22. The van der Waals surface area contributed by atoms with Crippen LogP contribution in [0.5, 0.6) is 5.75 Å². The maximum absolute atomic E-state index is 12.0. The fraction of sp³-hybridized carbons (Fsp3) is 0.467. The molecule has 1 rings (SSSR count). The minimum absolute atomic E-state index is 0.203. The Morgan fingerprint density at radius 1 is 1.26 bits per heavy atom. The van der Waals surface area contributed by atoms with Gasteiger partial charge in [-0.3, -0.25) is 0 Å². The summed E-state index contributed by atoms with van der Waals surface area (Å²) in [5.74, 6) is -0.244. The topological polar surface area (TPSA) is 73.9 Å². The SMILES string of the molecule is COC(=O)C(Cc1ccc(OSF)cc1)NC(=O)OC(C)(C)C. The number of ether oxygens (including phenoxy) is 2. The summed E-state index contributed by atoms with van der Waals surface area (Å²) in [5.41, 5.74) is 0.0704. The van der Waals surface area contributed by atoms with Gasteiger partial charge in [-0.1, -0.05) is 12.1 Å². The Labute approximate surface area is 139 Å². The second-order valence-electron chi connectivity index (χ2n) is 5.72. The van der Waals surface area contributed by atoms with Gasteiger partial charge in [-0.2, -0.15) is 0 Å². The van der Waals surface area contributed by atoms with Crippen molar-refractivity contribution in [2.24, 2.45) is 0 Å². The van der Waals surface area contributed by atoms with Gasteiger partial charge in [0.15, 0.2) is 0 Å². The molecule has 0 spiro atoms. The van der Waals surface area contributed by atoms with Gasteiger partial charge in [-0.25, -0.2) is 9.59 Å². The van der Waals surface area contributed by atoms with Gasteiger partial charge in [0.05, 0.1) is 7.11 Å². The number of alkyl carbamates (subject to hydrolysis) is 1. The van der Waals surface area contributed by atoms with E-state index in [1.54, 1.807) is 45.0 Å². The molecule has 1 aromatic rings. The van der Waals surface area contributed by atoms with Gasteiger partial charge < -0.3 is 19.0 Å². The zero-order chi connectivity index (χ0) is 17.5. The third-order valence-corrected chi connectivity index (χ3v) is 2.92. The first kappa shape index (κ1) is 19.1. The normalized spacial score (nSPS) is 12.2. The number of hydrogen-bond donors (Lipinski definition) is 1. The van der Waals surface area contributed by atoms with E-state index in [1.807, 2.05) is 0 Å². The molecule has 1 amide bonds. The van der Waals surface area contributed by atoms with E-state index in [0.717, 1.165) is 5.56 Å². The van der Waals surface area contributed by atoms with Gasteiger partial charge in [0, 0.05) is 6.42 Å². The molecule has 0 aromatic heterocycles. The molecule has 23 heavy (non-hydrogen) atoms. The molecular formula is C15H20FNO5S. The Morgan fingerprint density at radius 2 is 1.87 bits per heavy atom. The first-order valence-corrected chi connectivity index (χ1v) is 7.51. The van der Waals surface area contributed by atoms with Crippen molar-refractivity contribution in [1.29, 1.82) is 0 Å². The third kappa shape index (κ3) is 7.23. The van der Waals surface area contributed by atoms with Crippen molar-refractivity contribution < 1.29 is 27.1 Å². The van der Waals surface area contributed by atoms with Crippen LogP contribution in [0.15, 0.2) is 24.3 Å². The van der Waals surface area contributed by atoms with Crippen molar-refractivity contribution in [2.75, 3.05) is 7.11 Å². The van der Waals surface area contributed by atoms with Crippen molar-refractivity contribution in [2.45, 2.75) is 38.8 Å². The van der Waals surface area contributed by atoms with Crippen LogP contribution in [-0.4, -0.2) is 30.8 Å². The number of esters is 1. The van der Waals surface area contributed by atoms with E-state index >= 15 is 0 Å². The molecule has 128 valence electrons. The van der Waals surface area contributed by atoms with E-state index in [1.165, 1.54) is 7.11 Å². The zero-order valence-corrected chi connectivity index (χ0v) is 14.2. The quantitative estimate of drug-likeness (QED) is 0.630. The lowest BCUT2D eigenvalue weighted by atomic mass is 10.1. The molecule has 0 aliphatic carbocycles. The molecule has 0 heterocycles. The summed E-state index contributed by atoms with van der Waals surface area (Å²) in [6.45, 7) is 5.17. The number of amides is 1. The molecule has 0 saturated heterocycles. The van der Waals surface area contributed by atoms with E-state index < -0.39 is 23.7 Å². The molecule has 8 heteroatoms. The number of carbonyl (C=O) groups excluding carboxylic acids is 2. The van der Waals surface area contributed by atoms with E-state index in [4.69, 9.17) is 9.47 Å². The molecule has 6 nitrogen and oxygen atoms in total. The minimum Gasteiger partial charge on any atom is -0.467 e. The number of benzene rings is 1. The number of carbonyl (C=O) groups is 2. The first-order valence-electron chi connectivity index (χ1n) is 6.86. The Balaban J connectivity index is 2.74. The largest absolute Gasteiger partial charge is 0.467 e. The molecule has 1 aromatic carbocycles. The summed E-state index contributed by atoms with van der Waals surface area (Å²) >= 11 is -0.251. The van der Waals surface area contributed by atoms with Gasteiger partial charge in [-0.05, 0) is 38.5 Å². The van der Waals surface area contributed by atoms with Crippen molar-refractivity contribution in [3.8, 4) is 5.75 Å². The molecule has 0 radical (unpaired) electrons. The summed E-state index contributed by atoms with van der Waals surface area (Å²) in [4.78, 5) is 23.6. The number of nitrogens with one attached hydrogen (secondary N) is 1. The molecule has 0 aliphatic rings. The summed E-state index contributed by atoms with van der Waals surface area (Å²) in [5, 5.41) is 2.48. The van der Waals surface area contributed by atoms with Crippen LogP contribution in [0.2, 0.25) is 0 Å². The molecule has 0 aliphatic heterocycles. The maximum atomic E-state index is 12.0. The van der Waals surface area contributed by atoms with Crippen molar-refractivity contribution >= 4 is 24.5 Å². The molecule has 1 atom stereocenters. The van der Waals surface area contributed by atoms with Crippen molar-refractivity contribution in [3.05, 3.63) is 29.8 Å². The fourth-order valence-electron chi connectivity index (χ4n) is 1.74. The van der Waals surface area contributed by atoms with Crippen molar-refractivity contribution in [1.82, 2.24) is 5.32 Å². The minimum atomic E-state index is -0.892. The van der Waals surface area contributed by atoms with Crippen LogP contribution in [0, 0.1) is 0 Å². The summed E-state index contributed by atoms with van der Waals surface area (Å²) in [6.07, 6.45) is -0.503. The lowest BCUT2D eigenvalue weighted by Crippen LogP contribution is -2.45. The van der Waals surface area contributed by atoms with E-state index in [9.17, 15) is 13.5 Å². The Bertz CT molecular complexity index is 530. The summed E-state index contributed by atoms with van der Waals surface area (Å²) < 4.78 is 26.4. The van der Waals surface area contributed by atoms with Crippen LogP contribution in [0.1, 0.15) is 26.3 Å². The first-order chi connectivity index (χ1) is 10.7. The molecule has 0 bridgehead atoms. The Kier molecular flexibility index (Phi) is 7.15. The smallest absolute Gasteiger partial charge is 0.408 e. The highest BCUT2D eigenvalue weighted by atomic mass is 32.2. The van der Waals surface area contributed by atoms with Crippen LogP contribution in [0.3, 0.4) is 0 Å². The molecule has 0 fully saturated rings. The average molecular weight is 345 g/mol. The van der Waals surface area contributed by atoms with Gasteiger partial charge >= 0.3 is 12.1 Å². The maximum Gasteiger partial charge on any atom is 0.408 e. The fourth-order valence-corrected chi connectivity index (χ4v) is 1.92. The van der Waals surface area contributed by atoms with Gasteiger partial charge in [-0.15, -0.1) is 3.89 Å². The molecule has 1 N–H and O–H groups in total. The van der Waals surface area contributed by atoms with Crippen molar-refractivity contribution in [3.63, 3.8) is 0 Å².